The van der Waals surface area contributed by atoms with E-state index in [1.165, 1.54) is 0 Å². The molecule has 0 aliphatic heterocycles. The minimum Gasteiger partial charge on any atom is -0.384 e. The molecule has 1 atom stereocenters. The molecule has 1 unspecified atom stereocenters. The number of hydrogen-bond donors (Lipinski definition) is 2. The summed E-state index contributed by atoms with van der Waals surface area (Å²) in [6.45, 7) is 2.26. The Morgan fingerprint density at radius 2 is 2.19 bits per heavy atom. The van der Waals surface area contributed by atoms with Crippen LogP contribution in [0.3, 0.4) is 0 Å². The SMILES string of the molecule is CC(O)(CNc1ccnc2c(Br)cccc12)c1ccsc1. The molecule has 2 aromatic heterocycles. The zero-order chi connectivity index (χ0) is 14.9. The molecule has 0 amide bonds. The second-order valence-corrected chi connectivity index (χ2v) is 6.77. The van der Waals surface area contributed by atoms with Crippen LogP contribution in [-0.2, 0) is 5.60 Å². The molecular formula is C16H15BrN2OS. The molecule has 3 rings (SSSR count). The molecular weight excluding hydrogens is 348 g/mol. The first kappa shape index (κ1) is 14.5. The van der Waals surface area contributed by atoms with Crippen LogP contribution in [0.15, 0.2) is 51.8 Å². The molecule has 2 heterocycles. The number of para-hydroxylation sites is 1. The van der Waals surface area contributed by atoms with Crippen LogP contribution in [0.2, 0.25) is 0 Å². The number of rotatable bonds is 4. The van der Waals surface area contributed by atoms with Gasteiger partial charge < -0.3 is 10.4 Å². The highest BCUT2D eigenvalue weighted by atomic mass is 79.9. The number of fused-ring (bicyclic) bond motifs is 1. The van der Waals surface area contributed by atoms with Gasteiger partial charge >= 0.3 is 0 Å². The molecule has 5 heteroatoms. The van der Waals surface area contributed by atoms with Gasteiger partial charge in [0.25, 0.3) is 0 Å². The zero-order valence-corrected chi connectivity index (χ0v) is 13.9. The highest BCUT2D eigenvalue weighted by molar-refractivity contribution is 9.10. The first-order valence-electron chi connectivity index (χ1n) is 6.60. The van der Waals surface area contributed by atoms with Crippen molar-refractivity contribution in [3.8, 4) is 0 Å². The molecule has 0 bridgehead atoms. The topological polar surface area (TPSA) is 45.1 Å². The minimum absolute atomic E-state index is 0.440. The number of nitrogens with zero attached hydrogens (tertiary/aromatic N) is 1. The van der Waals surface area contributed by atoms with Gasteiger partial charge in [-0.05, 0) is 57.4 Å². The van der Waals surface area contributed by atoms with Crippen molar-refractivity contribution < 1.29 is 5.11 Å². The van der Waals surface area contributed by atoms with Crippen molar-refractivity contribution in [2.45, 2.75) is 12.5 Å². The van der Waals surface area contributed by atoms with E-state index in [1.807, 2.05) is 48.0 Å². The van der Waals surface area contributed by atoms with Crippen LogP contribution in [-0.4, -0.2) is 16.6 Å². The number of halogens is 1. The molecule has 0 saturated heterocycles. The number of pyridine rings is 1. The molecule has 1 aromatic carbocycles. The summed E-state index contributed by atoms with van der Waals surface area (Å²) in [6, 6.07) is 9.86. The van der Waals surface area contributed by atoms with Crippen LogP contribution in [0.1, 0.15) is 12.5 Å². The van der Waals surface area contributed by atoms with Gasteiger partial charge in [0.2, 0.25) is 0 Å². The number of aromatic nitrogens is 1. The fourth-order valence-electron chi connectivity index (χ4n) is 2.23. The average molecular weight is 363 g/mol. The molecule has 3 aromatic rings. The predicted octanol–water partition coefficient (Wildman–Crippen LogP) is 4.38. The highest BCUT2D eigenvalue weighted by Crippen LogP contribution is 2.29. The summed E-state index contributed by atoms with van der Waals surface area (Å²) < 4.78 is 0.966. The summed E-state index contributed by atoms with van der Waals surface area (Å²) in [5.41, 5.74) is 1.91. The third-order valence-electron chi connectivity index (χ3n) is 3.49. The van der Waals surface area contributed by atoms with E-state index in [0.717, 1.165) is 26.6 Å². The Morgan fingerprint density at radius 3 is 2.95 bits per heavy atom. The fourth-order valence-corrected chi connectivity index (χ4v) is 3.49. The van der Waals surface area contributed by atoms with Crippen LogP contribution in [0.4, 0.5) is 5.69 Å². The lowest BCUT2D eigenvalue weighted by Crippen LogP contribution is -2.30. The molecule has 0 aliphatic carbocycles. The average Bonchev–Trinajstić information content (AvgIpc) is 3.01. The molecule has 2 N–H and O–H groups in total. The van der Waals surface area contributed by atoms with E-state index >= 15 is 0 Å². The highest BCUT2D eigenvalue weighted by Gasteiger charge is 2.23. The monoisotopic (exact) mass is 362 g/mol. The van der Waals surface area contributed by atoms with Gasteiger partial charge in [-0.1, -0.05) is 12.1 Å². The lowest BCUT2D eigenvalue weighted by molar-refractivity contribution is 0.0720. The Labute approximate surface area is 135 Å². The quantitative estimate of drug-likeness (QED) is 0.723. The van der Waals surface area contributed by atoms with E-state index < -0.39 is 5.60 Å². The Morgan fingerprint density at radius 1 is 1.33 bits per heavy atom. The Bertz CT molecular complexity index is 756. The molecule has 21 heavy (non-hydrogen) atoms. The zero-order valence-electron chi connectivity index (χ0n) is 11.5. The van der Waals surface area contributed by atoms with Gasteiger partial charge in [-0.15, -0.1) is 0 Å². The second kappa shape index (κ2) is 5.75. The normalized spacial score (nSPS) is 14.0. The lowest BCUT2D eigenvalue weighted by atomic mass is 9.99. The fraction of sp³-hybridized carbons (Fsp3) is 0.188. The number of hydrogen-bond acceptors (Lipinski definition) is 4. The number of nitrogens with one attached hydrogen (secondary N) is 1. The van der Waals surface area contributed by atoms with Crippen LogP contribution < -0.4 is 5.32 Å². The molecule has 0 spiro atoms. The Hall–Kier alpha value is -1.43. The molecule has 0 radical (unpaired) electrons. The van der Waals surface area contributed by atoms with Crippen molar-refractivity contribution >= 4 is 43.9 Å². The van der Waals surface area contributed by atoms with Gasteiger partial charge in [0.1, 0.15) is 5.60 Å². The predicted molar refractivity (Wildman–Crippen MR) is 91.8 cm³/mol. The van der Waals surface area contributed by atoms with E-state index in [4.69, 9.17) is 0 Å². The van der Waals surface area contributed by atoms with Crippen molar-refractivity contribution in [2.75, 3.05) is 11.9 Å². The number of anilines is 1. The number of aliphatic hydroxyl groups is 1. The van der Waals surface area contributed by atoms with Crippen molar-refractivity contribution in [3.05, 3.63) is 57.3 Å². The van der Waals surface area contributed by atoms with Crippen LogP contribution in [0.25, 0.3) is 10.9 Å². The van der Waals surface area contributed by atoms with E-state index in [9.17, 15) is 5.11 Å². The van der Waals surface area contributed by atoms with E-state index in [-0.39, 0.29) is 0 Å². The third kappa shape index (κ3) is 2.95. The Kier molecular flexibility index (Phi) is 3.97. The maximum Gasteiger partial charge on any atom is 0.105 e. The first-order valence-corrected chi connectivity index (χ1v) is 8.34. The number of thiophene rings is 1. The maximum atomic E-state index is 10.6. The third-order valence-corrected chi connectivity index (χ3v) is 4.81. The summed E-state index contributed by atoms with van der Waals surface area (Å²) in [7, 11) is 0. The first-order chi connectivity index (χ1) is 10.1. The van der Waals surface area contributed by atoms with E-state index in [2.05, 4.69) is 26.2 Å². The summed E-state index contributed by atoms with van der Waals surface area (Å²) >= 11 is 5.10. The largest absolute Gasteiger partial charge is 0.384 e. The van der Waals surface area contributed by atoms with Gasteiger partial charge in [-0.3, -0.25) is 4.98 Å². The molecule has 0 fully saturated rings. The standard InChI is InChI=1S/C16H15BrN2OS/c1-16(20,11-6-8-21-9-11)10-19-14-5-7-18-15-12(14)3-2-4-13(15)17/h2-9,20H,10H2,1H3,(H,18,19). The Balaban J connectivity index is 1.88. The summed E-state index contributed by atoms with van der Waals surface area (Å²) in [5, 5.41) is 18.9. The maximum absolute atomic E-state index is 10.6. The van der Waals surface area contributed by atoms with Crippen molar-refractivity contribution in [1.29, 1.82) is 0 Å². The second-order valence-electron chi connectivity index (χ2n) is 5.13. The molecule has 3 nitrogen and oxygen atoms in total. The van der Waals surface area contributed by atoms with E-state index in [0.29, 0.717) is 6.54 Å². The summed E-state index contributed by atoms with van der Waals surface area (Å²) in [5.74, 6) is 0. The van der Waals surface area contributed by atoms with Crippen LogP contribution >= 0.6 is 27.3 Å². The van der Waals surface area contributed by atoms with Gasteiger partial charge in [-0.2, -0.15) is 11.3 Å². The van der Waals surface area contributed by atoms with Crippen molar-refractivity contribution in [1.82, 2.24) is 4.98 Å². The lowest BCUT2D eigenvalue weighted by Gasteiger charge is -2.24. The number of benzene rings is 1. The van der Waals surface area contributed by atoms with Gasteiger partial charge in [0, 0.05) is 28.3 Å². The van der Waals surface area contributed by atoms with Gasteiger partial charge in [0.05, 0.1) is 5.52 Å². The van der Waals surface area contributed by atoms with Crippen molar-refractivity contribution in [3.63, 3.8) is 0 Å². The summed E-state index contributed by atoms with van der Waals surface area (Å²) in [6.07, 6.45) is 1.77. The molecule has 108 valence electrons. The molecule has 0 aliphatic rings. The van der Waals surface area contributed by atoms with Gasteiger partial charge in [-0.25, -0.2) is 0 Å². The van der Waals surface area contributed by atoms with Gasteiger partial charge in [0.15, 0.2) is 0 Å². The van der Waals surface area contributed by atoms with Crippen LogP contribution in [0.5, 0.6) is 0 Å². The summed E-state index contributed by atoms with van der Waals surface area (Å²) in [4.78, 5) is 4.39. The smallest absolute Gasteiger partial charge is 0.105 e. The minimum atomic E-state index is -0.901. The van der Waals surface area contributed by atoms with Crippen molar-refractivity contribution in [2.24, 2.45) is 0 Å². The van der Waals surface area contributed by atoms with Crippen LogP contribution in [0, 0.1) is 0 Å². The van der Waals surface area contributed by atoms with E-state index in [1.54, 1.807) is 17.5 Å². The molecule has 0 saturated carbocycles.